The molecule has 10 heteroatoms. The number of halogens is 3. The molecule has 0 unspecified atom stereocenters. The van der Waals surface area contributed by atoms with Crippen LogP contribution in [0.2, 0.25) is 0 Å². The number of hydrogen-bond acceptors (Lipinski definition) is 4. The lowest BCUT2D eigenvalue weighted by atomic mass is 10.0. The number of hydrogen-bond donors (Lipinski definition) is 1. The van der Waals surface area contributed by atoms with Crippen LogP contribution in [-0.2, 0) is 21.2 Å². The summed E-state index contributed by atoms with van der Waals surface area (Å²) in [5.41, 5.74) is 1.35. The molecule has 6 nitrogen and oxygen atoms in total. The van der Waals surface area contributed by atoms with E-state index >= 15 is 0 Å². The van der Waals surface area contributed by atoms with Crippen molar-refractivity contribution >= 4 is 21.6 Å². The largest absolute Gasteiger partial charge is 0.401 e. The first-order valence-corrected chi connectivity index (χ1v) is 9.31. The number of carbonyl (C=O) groups is 1. The first kappa shape index (κ1) is 18.2. The second-order valence-corrected chi connectivity index (χ2v) is 8.10. The predicted molar refractivity (Wildman–Crippen MR) is 84.6 cm³/mol. The molecule has 2 aliphatic rings. The van der Waals surface area contributed by atoms with Crippen molar-refractivity contribution in [2.75, 3.05) is 38.0 Å². The average Bonchev–Trinajstić information content (AvgIpc) is 2.53. The van der Waals surface area contributed by atoms with Gasteiger partial charge in [-0.25, -0.2) is 8.42 Å². The molecule has 0 radical (unpaired) electrons. The van der Waals surface area contributed by atoms with Crippen LogP contribution in [0.3, 0.4) is 0 Å². The van der Waals surface area contributed by atoms with Gasteiger partial charge in [-0.15, -0.1) is 0 Å². The Hall–Kier alpha value is -1.65. The highest BCUT2D eigenvalue weighted by molar-refractivity contribution is 7.89. The van der Waals surface area contributed by atoms with Crippen LogP contribution in [0.25, 0.3) is 0 Å². The molecule has 2 heterocycles. The van der Waals surface area contributed by atoms with Crippen LogP contribution in [0.15, 0.2) is 23.1 Å². The van der Waals surface area contributed by atoms with E-state index < -0.39 is 22.7 Å². The Balaban J connectivity index is 1.72. The fraction of sp³-hybridized carbons (Fsp3) is 0.533. The van der Waals surface area contributed by atoms with Gasteiger partial charge >= 0.3 is 6.18 Å². The Bertz CT molecular complexity index is 772. The van der Waals surface area contributed by atoms with E-state index in [1.165, 1.54) is 21.3 Å². The third-order valence-electron chi connectivity index (χ3n) is 4.34. The zero-order valence-corrected chi connectivity index (χ0v) is 14.2. The van der Waals surface area contributed by atoms with Gasteiger partial charge in [0.25, 0.3) is 0 Å². The summed E-state index contributed by atoms with van der Waals surface area (Å²) in [5, 5.41) is 2.69. The van der Waals surface area contributed by atoms with Crippen LogP contribution in [0, 0.1) is 0 Å². The molecule has 1 fully saturated rings. The van der Waals surface area contributed by atoms with Gasteiger partial charge in [0.1, 0.15) is 0 Å². The van der Waals surface area contributed by atoms with E-state index in [2.05, 4.69) is 5.32 Å². The number of sulfonamides is 1. The number of piperazine rings is 1. The summed E-state index contributed by atoms with van der Waals surface area (Å²) in [6, 6.07) is 4.51. The predicted octanol–water partition coefficient (Wildman–Crippen LogP) is 1.44. The van der Waals surface area contributed by atoms with E-state index in [0.717, 1.165) is 5.56 Å². The lowest BCUT2D eigenvalue weighted by molar-refractivity contribution is -0.148. The first-order chi connectivity index (χ1) is 11.6. The summed E-state index contributed by atoms with van der Waals surface area (Å²) >= 11 is 0. The molecular weight excluding hydrogens is 359 g/mol. The number of aryl methyl sites for hydroxylation is 1. The van der Waals surface area contributed by atoms with Crippen molar-refractivity contribution in [3.8, 4) is 0 Å². The Labute approximate surface area is 143 Å². The minimum Gasteiger partial charge on any atom is -0.326 e. The number of fused-ring (bicyclic) bond motifs is 1. The van der Waals surface area contributed by atoms with Crippen LogP contribution in [-0.4, -0.2) is 62.4 Å². The molecule has 1 amide bonds. The van der Waals surface area contributed by atoms with E-state index in [4.69, 9.17) is 0 Å². The summed E-state index contributed by atoms with van der Waals surface area (Å²) in [5.74, 6) is -0.108. The van der Waals surface area contributed by atoms with E-state index in [0.29, 0.717) is 18.5 Å². The Kier molecular flexibility index (Phi) is 4.78. The molecule has 0 aliphatic carbocycles. The van der Waals surface area contributed by atoms with Gasteiger partial charge < -0.3 is 5.32 Å². The number of carbonyl (C=O) groups excluding carboxylic acids is 1. The molecule has 25 heavy (non-hydrogen) atoms. The van der Waals surface area contributed by atoms with Gasteiger partial charge in [-0.05, 0) is 30.2 Å². The summed E-state index contributed by atoms with van der Waals surface area (Å²) in [6.07, 6.45) is -3.53. The second-order valence-electron chi connectivity index (χ2n) is 6.16. The fourth-order valence-electron chi connectivity index (χ4n) is 3.05. The van der Waals surface area contributed by atoms with Crippen molar-refractivity contribution in [1.29, 1.82) is 0 Å². The third-order valence-corrected chi connectivity index (χ3v) is 6.24. The zero-order valence-electron chi connectivity index (χ0n) is 13.3. The molecule has 0 bridgehead atoms. The lowest BCUT2D eigenvalue weighted by Gasteiger charge is -2.34. The number of amides is 1. The highest BCUT2D eigenvalue weighted by atomic mass is 32.2. The van der Waals surface area contributed by atoms with Gasteiger partial charge in [0.2, 0.25) is 15.9 Å². The minimum atomic E-state index is -4.29. The molecule has 2 aliphatic heterocycles. The van der Waals surface area contributed by atoms with E-state index in [1.807, 2.05) is 0 Å². The van der Waals surface area contributed by atoms with Crippen molar-refractivity contribution in [1.82, 2.24) is 9.21 Å². The van der Waals surface area contributed by atoms with E-state index in [1.54, 1.807) is 6.07 Å². The summed E-state index contributed by atoms with van der Waals surface area (Å²) in [4.78, 5) is 12.7. The lowest BCUT2D eigenvalue weighted by Crippen LogP contribution is -2.50. The molecule has 138 valence electrons. The molecule has 1 aromatic rings. The number of anilines is 1. The average molecular weight is 377 g/mol. The van der Waals surface area contributed by atoms with Gasteiger partial charge in [0.15, 0.2) is 0 Å². The first-order valence-electron chi connectivity index (χ1n) is 7.87. The van der Waals surface area contributed by atoms with Gasteiger partial charge in [-0.2, -0.15) is 17.5 Å². The van der Waals surface area contributed by atoms with Gasteiger partial charge in [-0.3, -0.25) is 9.69 Å². The van der Waals surface area contributed by atoms with Crippen molar-refractivity contribution in [2.24, 2.45) is 0 Å². The van der Waals surface area contributed by atoms with Gasteiger partial charge in [0.05, 0.1) is 11.4 Å². The number of benzene rings is 1. The topological polar surface area (TPSA) is 69.7 Å². The Morgan fingerprint density at radius 3 is 2.40 bits per heavy atom. The number of alkyl halides is 3. The molecule has 3 rings (SSSR count). The Morgan fingerprint density at radius 2 is 1.76 bits per heavy atom. The van der Waals surface area contributed by atoms with Gasteiger partial charge in [0, 0.05) is 38.3 Å². The number of nitrogens with one attached hydrogen (secondary N) is 1. The summed E-state index contributed by atoms with van der Waals surface area (Å²) in [6.45, 7) is -0.905. The molecule has 0 saturated carbocycles. The van der Waals surface area contributed by atoms with Crippen LogP contribution in [0.1, 0.15) is 12.0 Å². The molecule has 1 N–H and O–H groups in total. The maximum absolute atomic E-state index is 12.7. The molecule has 1 saturated heterocycles. The quantitative estimate of drug-likeness (QED) is 0.866. The van der Waals surface area contributed by atoms with Gasteiger partial charge in [-0.1, -0.05) is 0 Å². The monoisotopic (exact) mass is 377 g/mol. The molecule has 0 atom stereocenters. The minimum absolute atomic E-state index is 0.0201. The van der Waals surface area contributed by atoms with Crippen LogP contribution in [0.5, 0.6) is 0 Å². The number of nitrogens with zero attached hydrogens (tertiary/aromatic N) is 2. The van der Waals surface area contributed by atoms with Crippen LogP contribution >= 0.6 is 0 Å². The van der Waals surface area contributed by atoms with Crippen molar-refractivity contribution < 1.29 is 26.4 Å². The zero-order chi connectivity index (χ0) is 18.2. The summed E-state index contributed by atoms with van der Waals surface area (Å²) < 4.78 is 63.9. The maximum Gasteiger partial charge on any atom is 0.401 e. The van der Waals surface area contributed by atoms with Crippen LogP contribution < -0.4 is 5.32 Å². The third kappa shape index (κ3) is 4.13. The van der Waals surface area contributed by atoms with Crippen molar-refractivity contribution in [2.45, 2.75) is 23.9 Å². The second kappa shape index (κ2) is 6.58. The SMILES string of the molecule is O=C1CCc2cc(S(=O)(=O)N3CCN(CC(F)(F)F)CC3)ccc2N1. The summed E-state index contributed by atoms with van der Waals surface area (Å²) in [7, 11) is -3.76. The fourth-order valence-corrected chi connectivity index (χ4v) is 4.52. The van der Waals surface area contributed by atoms with E-state index in [9.17, 15) is 26.4 Å². The standard InChI is InChI=1S/C15H18F3N3O3S/c16-15(17,18)10-20-5-7-21(8-6-20)25(23,24)12-2-3-13-11(9-12)1-4-14(22)19-13/h2-3,9H,1,4-8,10H2,(H,19,22). The Morgan fingerprint density at radius 1 is 1.08 bits per heavy atom. The molecule has 0 spiro atoms. The van der Waals surface area contributed by atoms with Crippen molar-refractivity contribution in [3.05, 3.63) is 23.8 Å². The normalized spacial score (nSPS) is 20.2. The molecule has 0 aromatic heterocycles. The van der Waals surface area contributed by atoms with E-state index in [-0.39, 0.29) is 37.0 Å². The van der Waals surface area contributed by atoms with Crippen molar-refractivity contribution in [3.63, 3.8) is 0 Å². The van der Waals surface area contributed by atoms with Crippen LogP contribution in [0.4, 0.5) is 18.9 Å². The smallest absolute Gasteiger partial charge is 0.326 e. The number of rotatable bonds is 3. The molecular formula is C15H18F3N3O3S. The highest BCUT2D eigenvalue weighted by Gasteiger charge is 2.35. The highest BCUT2D eigenvalue weighted by Crippen LogP contribution is 2.27. The maximum atomic E-state index is 12.7. The molecule has 1 aromatic carbocycles.